The van der Waals surface area contributed by atoms with Crippen molar-refractivity contribution < 1.29 is 17.9 Å². The fraction of sp³-hybridized carbons (Fsp3) is 0.200. The molecule has 21 heavy (non-hydrogen) atoms. The maximum Gasteiger partial charge on any atom is 0.262 e. The summed E-state index contributed by atoms with van der Waals surface area (Å²) in [7, 11) is -2.11. The first-order valence-electron chi connectivity index (χ1n) is 6.52. The summed E-state index contributed by atoms with van der Waals surface area (Å²) in [5.41, 5.74) is 1.49. The van der Waals surface area contributed by atoms with Crippen LogP contribution in [0.1, 0.15) is 5.56 Å². The zero-order valence-electron chi connectivity index (χ0n) is 11.5. The molecule has 0 saturated heterocycles. The standard InChI is InChI=1S/C15H15NO4S/c1-19-12-5-7-13(8-6-12)21(17,18)16-14-4-2-3-11-9-10-20-15(11)14/h2-8,16H,9-10H2,1H3. The lowest BCUT2D eigenvalue weighted by molar-refractivity contribution is 0.358. The molecule has 6 heteroatoms. The highest BCUT2D eigenvalue weighted by Crippen LogP contribution is 2.34. The third kappa shape index (κ3) is 2.67. The number of rotatable bonds is 4. The van der Waals surface area contributed by atoms with Crippen LogP contribution in [0.3, 0.4) is 0 Å². The van der Waals surface area contributed by atoms with Crippen LogP contribution in [0.2, 0.25) is 0 Å². The Morgan fingerprint density at radius 1 is 1.14 bits per heavy atom. The summed E-state index contributed by atoms with van der Waals surface area (Å²) in [5.74, 6) is 1.23. The minimum atomic E-state index is -3.65. The van der Waals surface area contributed by atoms with E-state index in [2.05, 4.69) is 4.72 Å². The van der Waals surface area contributed by atoms with Crippen molar-refractivity contribution in [2.24, 2.45) is 0 Å². The van der Waals surface area contributed by atoms with E-state index in [-0.39, 0.29) is 4.90 Å². The lowest BCUT2D eigenvalue weighted by atomic mass is 10.1. The van der Waals surface area contributed by atoms with Gasteiger partial charge in [-0.2, -0.15) is 0 Å². The number of fused-ring (bicyclic) bond motifs is 1. The Kier molecular flexibility index (Phi) is 3.47. The van der Waals surface area contributed by atoms with Crippen LogP contribution in [0.5, 0.6) is 11.5 Å². The fourth-order valence-corrected chi connectivity index (χ4v) is 3.32. The average molecular weight is 305 g/mol. The Hall–Kier alpha value is -2.21. The number of methoxy groups -OCH3 is 1. The molecule has 2 aromatic rings. The molecule has 0 unspecified atom stereocenters. The summed E-state index contributed by atoms with van der Waals surface area (Å²) in [6.45, 7) is 0.580. The minimum Gasteiger partial charge on any atom is -0.497 e. The lowest BCUT2D eigenvalue weighted by Crippen LogP contribution is -2.13. The van der Waals surface area contributed by atoms with Crippen molar-refractivity contribution in [3.8, 4) is 11.5 Å². The van der Waals surface area contributed by atoms with Crippen molar-refractivity contribution in [2.75, 3.05) is 18.4 Å². The van der Waals surface area contributed by atoms with E-state index in [1.807, 2.05) is 12.1 Å². The molecule has 0 aliphatic carbocycles. The molecule has 0 amide bonds. The zero-order valence-corrected chi connectivity index (χ0v) is 12.3. The maximum atomic E-state index is 12.4. The highest BCUT2D eigenvalue weighted by atomic mass is 32.2. The number of benzene rings is 2. The normalized spacial score (nSPS) is 13.4. The Balaban J connectivity index is 1.91. The number of nitrogens with one attached hydrogen (secondary N) is 1. The summed E-state index contributed by atoms with van der Waals surface area (Å²) >= 11 is 0. The number of hydrogen-bond donors (Lipinski definition) is 1. The Labute approximate surface area is 123 Å². The zero-order chi connectivity index (χ0) is 14.9. The molecule has 1 N–H and O–H groups in total. The van der Waals surface area contributed by atoms with Gasteiger partial charge in [-0.05, 0) is 35.9 Å². The van der Waals surface area contributed by atoms with Gasteiger partial charge in [-0.3, -0.25) is 4.72 Å². The van der Waals surface area contributed by atoms with Crippen LogP contribution in [0.4, 0.5) is 5.69 Å². The first-order chi connectivity index (χ1) is 10.1. The fourth-order valence-electron chi connectivity index (χ4n) is 2.25. The van der Waals surface area contributed by atoms with Gasteiger partial charge in [-0.1, -0.05) is 12.1 Å². The predicted octanol–water partition coefficient (Wildman–Crippen LogP) is 2.43. The van der Waals surface area contributed by atoms with Crippen molar-refractivity contribution in [3.63, 3.8) is 0 Å². The van der Waals surface area contributed by atoms with Crippen LogP contribution in [0.15, 0.2) is 47.4 Å². The summed E-state index contributed by atoms with van der Waals surface area (Å²) in [5, 5.41) is 0. The summed E-state index contributed by atoms with van der Waals surface area (Å²) < 4.78 is 37.9. The van der Waals surface area contributed by atoms with Gasteiger partial charge in [0.05, 0.1) is 24.3 Å². The second-order valence-corrected chi connectivity index (χ2v) is 6.36. The molecule has 0 radical (unpaired) electrons. The van der Waals surface area contributed by atoms with Crippen LogP contribution in [-0.2, 0) is 16.4 Å². The van der Waals surface area contributed by atoms with Gasteiger partial charge < -0.3 is 9.47 Å². The van der Waals surface area contributed by atoms with E-state index in [4.69, 9.17) is 9.47 Å². The van der Waals surface area contributed by atoms with E-state index >= 15 is 0 Å². The lowest BCUT2D eigenvalue weighted by Gasteiger charge is -2.11. The highest BCUT2D eigenvalue weighted by Gasteiger charge is 2.21. The van der Waals surface area contributed by atoms with Crippen molar-refractivity contribution in [1.29, 1.82) is 0 Å². The van der Waals surface area contributed by atoms with Gasteiger partial charge in [0.1, 0.15) is 11.5 Å². The maximum absolute atomic E-state index is 12.4. The molecule has 5 nitrogen and oxygen atoms in total. The second kappa shape index (κ2) is 5.29. The van der Waals surface area contributed by atoms with Crippen LogP contribution in [0, 0.1) is 0 Å². The number of ether oxygens (including phenoxy) is 2. The molecule has 0 bridgehead atoms. The van der Waals surface area contributed by atoms with Gasteiger partial charge in [0.25, 0.3) is 10.0 Å². The van der Waals surface area contributed by atoms with Crippen molar-refractivity contribution >= 4 is 15.7 Å². The quantitative estimate of drug-likeness (QED) is 0.942. The molecule has 0 atom stereocenters. The first-order valence-corrected chi connectivity index (χ1v) is 8.00. The van der Waals surface area contributed by atoms with Gasteiger partial charge in [0.2, 0.25) is 0 Å². The molecule has 0 aromatic heterocycles. The largest absolute Gasteiger partial charge is 0.497 e. The summed E-state index contributed by atoms with van der Waals surface area (Å²) in [6.07, 6.45) is 0.799. The highest BCUT2D eigenvalue weighted by molar-refractivity contribution is 7.92. The third-order valence-corrected chi connectivity index (χ3v) is 4.71. The van der Waals surface area contributed by atoms with E-state index < -0.39 is 10.0 Å². The smallest absolute Gasteiger partial charge is 0.262 e. The van der Waals surface area contributed by atoms with Crippen LogP contribution >= 0.6 is 0 Å². The third-order valence-electron chi connectivity index (χ3n) is 3.33. The molecule has 2 aromatic carbocycles. The molecular weight excluding hydrogens is 290 g/mol. The number of hydrogen-bond acceptors (Lipinski definition) is 4. The summed E-state index contributed by atoms with van der Waals surface area (Å²) in [6, 6.07) is 11.7. The first kappa shape index (κ1) is 13.8. The number of sulfonamides is 1. The molecule has 0 spiro atoms. The van der Waals surface area contributed by atoms with Gasteiger partial charge in [0.15, 0.2) is 0 Å². The Morgan fingerprint density at radius 3 is 2.62 bits per heavy atom. The average Bonchev–Trinajstić information content (AvgIpc) is 2.97. The van der Waals surface area contributed by atoms with Gasteiger partial charge in [-0.25, -0.2) is 8.42 Å². The van der Waals surface area contributed by atoms with Crippen LogP contribution in [0.25, 0.3) is 0 Å². The van der Waals surface area contributed by atoms with Gasteiger partial charge in [0, 0.05) is 6.42 Å². The van der Waals surface area contributed by atoms with E-state index in [0.29, 0.717) is 23.8 Å². The van der Waals surface area contributed by atoms with Crippen LogP contribution in [-0.4, -0.2) is 22.1 Å². The summed E-state index contributed by atoms with van der Waals surface area (Å²) in [4.78, 5) is 0.180. The monoisotopic (exact) mass is 305 g/mol. The minimum absolute atomic E-state index is 0.180. The van der Waals surface area contributed by atoms with Crippen molar-refractivity contribution in [1.82, 2.24) is 0 Å². The topological polar surface area (TPSA) is 64.6 Å². The molecule has 3 rings (SSSR count). The van der Waals surface area contributed by atoms with E-state index in [0.717, 1.165) is 12.0 Å². The van der Waals surface area contributed by atoms with Crippen molar-refractivity contribution in [2.45, 2.75) is 11.3 Å². The Bertz CT molecular complexity index is 754. The second-order valence-electron chi connectivity index (χ2n) is 4.67. The SMILES string of the molecule is COc1ccc(S(=O)(=O)Nc2cccc3c2OCC3)cc1. The van der Waals surface area contributed by atoms with E-state index in [1.54, 1.807) is 18.2 Å². The van der Waals surface area contributed by atoms with Gasteiger partial charge >= 0.3 is 0 Å². The predicted molar refractivity (Wildman–Crippen MR) is 79.4 cm³/mol. The molecule has 1 aliphatic heterocycles. The van der Waals surface area contributed by atoms with E-state index in [9.17, 15) is 8.42 Å². The Morgan fingerprint density at radius 2 is 1.90 bits per heavy atom. The molecule has 1 aliphatic rings. The molecule has 0 saturated carbocycles. The molecular formula is C15H15NO4S. The van der Waals surface area contributed by atoms with Gasteiger partial charge in [-0.15, -0.1) is 0 Å². The number of para-hydroxylation sites is 1. The van der Waals surface area contributed by atoms with Crippen molar-refractivity contribution in [3.05, 3.63) is 48.0 Å². The molecule has 110 valence electrons. The van der Waals surface area contributed by atoms with Crippen LogP contribution < -0.4 is 14.2 Å². The van der Waals surface area contributed by atoms with E-state index in [1.165, 1.54) is 19.2 Å². The molecule has 1 heterocycles. The molecule has 0 fully saturated rings. The number of anilines is 1.